The summed E-state index contributed by atoms with van der Waals surface area (Å²) in [7, 11) is 1.32. The van der Waals surface area contributed by atoms with Crippen LogP contribution in [0.2, 0.25) is 0 Å². The Bertz CT molecular complexity index is 1410. The number of hydrogen-bond donors (Lipinski definition) is 1. The van der Waals surface area contributed by atoms with Gasteiger partial charge in [-0.05, 0) is 81.1 Å². The van der Waals surface area contributed by atoms with Gasteiger partial charge in [0.25, 0.3) is 5.56 Å². The van der Waals surface area contributed by atoms with E-state index in [1.54, 1.807) is 18.2 Å². The maximum Gasteiger partial charge on any atom is 0.325 e. The molecule has 4 heterocycles. The molecule has 7 atom stereocenters. The highest BCUT2D eigenvalue weighted by Crippen LogP contribution is 2.47. The lowest BCUT2D eigenvalue weighted by molar-refractivity contribution is -0.142. The van der Waals surface area contributed by atoms with E-state index < -0.39 is 12.2 Å². The van der Waals surface area contributed by atoms with Crippen LogP contribution < -0.4 is 5.56 Å². The van der Waals surface area contributed by atoms with Crippen molar-refractivity contribution >= 4 is 22.7 Å². The molecule has 0 radical (unpaired) electrons. The van der Waals surface area contributed by atoms with Gasteiger partial charge in [-0.2, -0.15) is 0 Å². The number of piperidine rings is 2. The first-order valence-corrected chi connectivity index (χ1v) is 15.7. The number of carbonyl (C=O) groups is 1. The molecule has 2 aliphatic carbocycles. The van der Waals surface area contributed by atoms with Crippen LogP contribution in [0.15, 0.2) is 47.3 Å². The van der Waals surface area contributed by atoms with Crippen LogP contribution in [0, 0.1) is 11.8 Å². The third-order valence-electron chi connectivity index (χ3n) is 10.6. The van der Waals surface area contributed by atoms with E-state index in [-0.39, 0.29) is 23.8 Å². The smallest absolute Gasteiger partial charge is 0.325 e. The highest BCUT2D eigenvalue weighted by atomic mass is 16.5. The lowest BCUT2D eigenvalue weighted by atomic mass is 9.68. The molecule has 41 heavy (non-hydrogen) atoms. The fraction of sp³-hybridized carbons (Fsp3) is 0.606. The van der Waals surface area contributed by atoms with Crippen molar-refractivity contribution in [3.05, 3.63) is 58.5 Å². The minimum Gasteiger partial charge on any atom is -0.468 e. The first kappa shape index (κ1) is 26.9. The highest BCUT2D eigenvalue weighted by molar-refractivity contribution is 5.79. The molecule has 8 nitrogen and oxygen atoms in total. The second kappa shape index (κ2) is 11.0. The Morgan fingerprint density at radius 1 is 0.951 bits per heavy atom. The summed E-state index contributed by atoms with van der Waals surface area (Å²) in [4.78, 5) is 35.9. The molecular weight excluding hydrogens is 516 g/mol. The summed E-state index contributed by atoms with van der Waals surface area (Å²) >= 11 is 0. The number of rotatable bonds is 5. The fourth-order valence-electron chi connectivity index (χ4n) is 9.00. The molecule has 1 aromatic carbocycles. The fourth-order valence-corrected chi connectivity index (χ4v) is 9.00. The molecule has 2 saturated carbocycles. The summed E-state index contributed by atoms with van der Waals surface area (Å²) in [5.41, 5.74) is 2.16. The van der Waals surface area contributed by atoms with E-state index in [1.165, 1.54) is 69.8 Å². The Balaban J connectivity index is 1.25. The molecule has 0 amide bonds. The number of fused-ring (bicyclic) bond motifs is 5. The molecule has 5 aliphatic rings. The number of methoxy groups -OCH3 is 1. The quantitative estimate of drug-likeness (QED) is 0.536. The van der Waals surface area contributed by atoms with E-state index in [1.807, 2.05) is 28.8 Å². The van der Waals surface area contributed by atoms with Gasteiger partial charge in [-0.3, -0.25) is 14.5 Å². The first-order valence-electron chi connectivity index (χ1n) is 15.7. The molecule has 7 rings (SSSR count). The number of para-hydroxylation sites is 2. The summed E-state index contributed by atoms with van der Waals surface area (Å²) in [5, 5.41) is 10.7. The summed E-state index contributed by atoms with van der Waals surface area (Å²) in [6.45, 7) is -0.173. The van der Waals surface area contributed by atoms with Gasteiger partial charge in [-0.15, -0.1) is 0 Å². The molecule has 1 aromatic heterocycles. The van der Waals surface area contributed by atoms with E-state index in [0.29, 0.717) is 23.8 Å². The minimum atomic E-state index is -1.05. The van der Waals surface area contributed by atoms with Crippen molar-refractivity contribution in [3.8, 4) is 0 Å². The number of allylic oxidation sites excluding steroid dienone is 2. The van der Waals surface area contributed by atoms with Crippen LogP contribution in [-0.4, -0.2) is 68.4 Å². The van der Waals surface area contributed by atoms with Gasteiger partial charge in [-0.1, -0.05) is 43.9 Å². The summed E-state index contributed by atoms with van der Waals surface area (Å²) in [6, 6.07) is 9.68. The van der Waals surface area contributed by atoms with Crippen LogP contribution in [0.4, 0.5) is 0 Å². The molecule has 2 saturated heterocycles. The topological polar surface area (TPSA) is 87.9 Å². The average molecular weight is 559 g/mol. The third kappa shape index (κ3) is 4.93. The normalized spacial score (nSPS) is 33.5. The van der Waals surface area contributed by atoms with E-state index in [0.717, 1.165) is 35.7 Å². The number of aliphatic hydroxyl groups excluding tert-OH is 1. The molecule has 4 bridgehead atoms. The highest BCUT2D eigenvalue weighted by Gasteiger charge is 2.45. The zero-order valence-corrected chi connectivity index (χ0v) is 24.0. The van der Waals surface area contributed by atoms with Crippen LogP contribution >= 0.6 is 0 Å². The van der Waals surface area contributed by atoms with Gasteiger partial charge in [-0.25, -0.2) is 4.98 Å². The number of nitrogens with zero attached hydrogens (tertiary/aromatic N) is 4. The number of benzene rings is 1. The van der Waals surface area contributed by atoms with E-state index in [9.17, 15) is 14.7 Å². The van der Waals surface area contributed by atoms with Crippen molar-refractivity contribution in [2.24, 2.45) is 11.8 Å². The zero-order valence-electron chi connectivity index (χ0n) is 24.0. The van der Waals surface area contributed by atoms with Gasteiger partial charge >= 0.3 is 5.97 Å². The molecule has 218 valence electrons. The zero-order chi connectivity index (χ0) is 28.1. The van der Waals surface area contributed by atoms with Crippen molar-refractivity contribution in [1.29, 1.82) is 0 Å². The molecule has 1 N–H and O–H groups in total. The van der Waals surface area contributed by atoms with Gasteiger partial charge in [0.15, 0.2) is 5.69 Å². The molecular formula is C33H42N4O4. The van der Waals surface area contributed by atoms with E-state index in [4.69, 9.17) is 9.72 Å². The Kier molecular flexibility index (Phi) is 7.23. The standard InChI is InChI=1S/C33H42N4O4/c1-41-31(39)20-35-29(13-6-14-30(35)38)32-33(40)37(28-12-3-2-11-27(28)34-32)26-18-23-9-5-10-24(19-26)36(23)25-16-21-7-4-8-22(15-21)17-25/h2-3,6,11-14,21-26,30,38H,4-5,7-10,15-20H2,1H3/t21-,22+,23-,24+,25?,26?,30?. The van der Waals surface area contributed by atoms with Crippen LogP contribution in [0.25, 0.3) is 16.7 Å². The number of hydrogen-bond acceptors (Lipinski definition) is 7. The van der Waals surface area contributed by atoms with Crippen molar-refractivity contribution in [3.63, 3.8) is 0 Å². The Hall–Kier alpha value is -2.97. The second-order valence-corrected chi connectivity index (χ2v) is 13.0. The summed E-state index contributed by atoms with van der Waals surface area (Å²) < 4.78 is 6.88. The number of aromatic nitrogens is 2. The molecule has 3 unspecified atom stereocenters. The number of esters is 1. The molecule has 3 aliphatic heterocycles. The molecule has 8 heteroatoms. The van der Waals surface area contributed by atoms with Crippen molar-refractivity contribution in [2.75, 3.05) is 13.7 Å². The largest absolute Gasteiger partial charge is 0.468 e. The molecule has 4 fully saturated rings. The summed E-state index contributed by atoms with van der Waals surface area (Å²) in [6.07, 6.45) is 18.0. The van der Waals surface area contributed by atoms with Crippen LogP contribution in [0.5, 0.6) is 0 Å². The monoisotopic (exact) mass is 558 g/mol. The minimum absolute atomic E-state index is 0.0857. The lowest BCUT2D eigenvalue weighted by Crippen LogP contribution is -2.58. The maximum absolute atomic E-state index is 14.4. The third-order valence-corrected chi connectivity index (χ3v) is 10.6. The number of carbonyl (C=O) groups excluding carboxylic acids is 1. The van der Waals surface area contributed by atoms with E-state index >= 15 is 0 Å². The molecule has 2 aromatic rings. The second-order valence-electron chi connectivity index (χ2n) is 13.0. The predicted octanol–water partition coefficient (Wildman–Crippen LogP) is 4.63. The van der Waals surface area contributed by atoms with Crippen molar-refractivity contribution in [2.45, 2.75) is 101 Å². The summed E-state index contributed by atoms with van der Waals surface area (Å²) in [5.74, 6) is 1.32. The van der Waals surface area contributed by atoms with Crippen LogP contribution in [-0.2, 0) is 9.53 Å². The van der Waals surface area contributed by atoms with Gasteiger partial charge < -0.3 is 19.3 Å². The number of ether oxygens (including phenoxy) is 1. The Morgan fingerprint density at radius 3 is 2.39 bits per heavy atom. The van der Waals surface area contributed by atoms with E-state index in [2.05, 4.69) is 4.90 Å². The van der Waals surface area contributed by atoms with Crippen LogP contribution in [0.3, 0.4) is 0 Å². The molecule has 0 spiro atoms. The first-order chi connectivity index (χ1) is 20.0. The van der Waals surface area contributed by atoms with Gasteiger partial charge in [0, 0.05) is 24.2 Å². The van der Waals surface area contributed by atoms with Gasteiger partial charge in [0.2, 0.25) is 0 Å². The van der Waals surface area contributed by atoms with Crippen molar-refractivity contribution < 1.29 is 14.6 Å². The van der Waals surface area contributed by atoms with Gasteiger partial charge in [0.05, 0.1) is 23.8 Å². The Labute approximate surface area is 241 Å². The van der Waals surface area contributed by atoms with Gasteiger partial charge in [0.1, 0.15) is 12.8 Å². The number of aliphatic hydroxyl groups is 1. The Morgan fingerprint density at radius 2 is 1.66 bits per heavy atom. The van der Waals surface area contributed by atoms with Crippen LogP contribution in [0.1, 0.15) is 82.4 Å². The van der Waals surface area contributed by atoms with Crippen molar-refractivity contribution in [1.82, 2.24) is 19.4 Å². The lowest BCUT2D eigenvalue weighted by Gasteiger charge is -2.55. The maximum atomic E-state index is 14.4. The predicted molar refractivity (Wildman–Crippen MR) is 158 cm³/mol. The average Bonchev–Trinajstić information content (AvgIpc) is 2.97. The SMILES string of the molecule is COC(=O)CN1C(c2nc3ccccc3n(C3C[C@H]4CCC[C@@H](C3)N4C3C[C@H]4CCC[C@@H](C3)C4)c2=O)=CC=CC1O.